The number of carbonyl (C=O) groups excluding carboxylic acids is 2. The molecule has 0 aromatic carbocycles. The van der Waals surface area contributed by atoms with Crippen molar-refractivity contribution < 1.29 is 24.5 Å². The van der Waals surface area contributed by atoms with Gasteiger partial charge in [-0.1, -0.05) is 248 Å². The third-order valence-electron chi connectivity index (χ3n) is 10.7. The van der Waals surface area contributed by atoms with Gasteiger partial charge in [0.2, 0.25) is 5.91 Å². The summed E-state index contributed by atoms with van der Waals surface area (Å²) in [4.78, 5) is 26.0. The zero-order chi connectivity index (χ0) is 41.7. The van der Waals surface area contributed by atoms with Crippen LogP contribution in [0.3, 0.4) is 0 Å². The Morgan fingerprint density at radius 3 is 1.33 bits per heavy atom. The van der Waals surface area contributed by atoms with Gasteiger partial charge in [-0.25, -0.2) is 0 Å². The van der Waals surface area contributed by atoms with Crippen molar-refractivity contribution in [1.82, 2.24) is 5.32 Å². The molecule has 0 rings (SSSR count). The van der Waals surface area contributed by atoms with Crippen molar-refractivity contribution >= 4 is 11.9 Å². The Hall–Kier alpha value is -2.44. The lowest BCUT2D eigenvalue weighted by Crippen LogP contribution is -2.46. The van der Waals surface area contributed by atoms with Crippen LogP contribution in [0.2, 0.25) is 0 Å². The zero-order valence-corrected chi connectivity index (χ0v) is 37.5. The van der Waals surface area contributed by atoms with Gasteiger partial charge >= 0.3 is 5.97 Å². The number of esters is 1. The number of aliphatic hydroxyl groups is 2. The first kappa shape index (κ1) is 54.6. The second kappa shape index (κ2) is 44.7. The predicted octanol–water partition coefficient (Wildman–Crippen LogP) is 14.1. The first-order chi connectivity index (χ1) is 28.0. The number of carbonyl (C=O) groups is 2. The van der Waals surface area contributed by atoms with Gasteiger partial charge in [0.05, 0.1) is 25.2 Å². The van der Waals surface area contributed by atoms with Crippen molar-refractivity contribution in [3.05, 3.63) is 60.8 Å². The fourth-order valence-corrected chi connectivity index (χ4v) is 7.10. The number of amides is 1. The summed E-state index contributed by atoms with van der Waals surface area (Å²) in [6.45, 7) is 6.29. The summed E-state index contributed by atoms with van der Waals surface area (Å²) in [7, 11) is 0. The second-order valence-corrected chi connectivity index (χ2v) is 16.3. The largest absolute Gasteiger partial charge is 0.461 e. The van der Waals surface area contributed by atoms with Crippen LogP contribution in [0, 0.1) is 0 Å². The van der Waals surface area contributed by atoms with Gasteiger partial charge in [0.1, 0.15) is 6.10 Å². The van der Waals surface area contributed by atoms with Crippen molar-refractivity contribution in [3.63, 3.8) is 0 Å². The molecule has 0 heterocycles. The van der Waals surface area contributed by atoms with Gasteiger partial charge in [0.25, 0.3) is 0 Å². The lowest BCUT2D eigenvalue weighted by molar-refractivity contribution is -0.150. The summed E-state index contributed by atoms with van der Waals surface area (Å²) in [6.07, 6.45) is 54.5. The Morgan fingerprint density at radius 1 is 0.526 bits per heavy atom. The summed E-state index contributed by atoms with van der Waals surface area (Å²) in [6, 6.07) is -0.738. The first-order valence-corrected chi connectivity index (χ1v) is 24.1. The summed E-state index contributed by atoms with van der Waals surface area (Å²) < 4.78 is 5.82. The fraction of sp³-hybridized carbons (Fsp3) is 0.765. The number of rotatable bonds is 42. The molecule has 3 N–H and O–H groups in total. The third kappa shape index (κ3) is 40.1. The number of ether oxygens (including phenoxy) is 1. The number of unbranched alkanes of at least 4 members (excludes halogenated alkanes) is 25. The van der Waals surface area contributed by atoms with Crippen LogP contribution in [-0.4, -0.2) is 46.9 Å². The van der Waals surface area contributed by atoms with Crippen molar-refractivity contribution in [2.75, 3.05) is 6.61 Å². The highest BCUT2D eigenvalue weighted by Gasteiger charge is 2.23. The highest BCUT2D eigenvalue weighted by Crippen LogP contribution is 2.17. The highest BCUT2D eigenvalue weighted by atomic mass is 16.5. The Morgan fingerprint density at radius 2 is 0.912 bits per heavy atom. The van der Waals surface area contributed by atoms with Crippen LogP contribution >= 0.6 is 0 Å². The molecule has 0 aromatic rings. The molecule has 0 saturated heterocycles. The molecule has 330 valence electrons. The lowest BCUT2D eigenvalue weighted by Gasteiger charge is -2.24. The monoisotopic (exact) mass is 798 g/mol. The summed E-state index contributed by atoms with van der Waals surface area (Å²) >= 11 is 0. The average Bonchev–Trinajstić information content (AvgIpc) is 3.20. The van der Waals surface area contributed by atoms with Crippen LogP contribution in [0.5, 0.6) is 0 Å². The van der Waals surface area contributed by atoms with Gasteiger partial charge in [0.15, 0.2) is 0 Å². The molecular formula is C51H91NO5. The minimum atomic E-state index is -0.816. The standard InChI is InChI=1S/C51H91NO5/c1-4-7-10-13-16-19-22-24-26-28-31-34-37-40-43-49(54)48(46-53)52-50(55)45-47(42-39-36-33-30-27-21-18-15-12-9-6-3)57-51(56)44-41-38-35-32-29-25-23-20-17-14-11-8-5-2/h9,12,15,18,21,27,30,33,36,39,47-49,53-54H,4-8,10-11,13-14,16-17,19-20,22-26,28-29,31-32,34-35,37-38,40-46H2,1-3H3,(H,52,55)/b12-9+,18-15+,27-21-,33-30-,39-36+. The maximum absolute atomic E-state index is 13.1. The van der Waals surface area contributed by atoms with E-state index < -0.39 is 18.2 Å². The van der Waals surface area contributed by atoms with E-state index >= 15 is 0 Å². The predicted molar refractivity (Wildman–Crippen MR) is 245 cm³/mol. The molecule has 6 nitrogen and oxygen atoms in total. The third-order valence-corrected chi connectivity index (χ3v) is 10.7. The maximum Gasteiger partial charge on any atom is 0.306 e. The Balaban J connectivity index is 4.65. The molecule has 0 saturated carbocycles. The van der Waals surface area contributed by atoms with Gasteiger partial charge in [0, 0.05) is 12.8 Å². The summed E-state index contributed by atoms with van der Waals surface area (Å²) in [5, 5.41) is 23.6. The van der Waals surface area contributed by atoms with Crippen LogP contribution in [0.15, 0.2) is 60.8 Å². The van der Waals surface area contributed by atoms with E-state index in [1.807, 2.05) is 54.7 Å². The molecule has 3 unspecified atom stereocenters. The van der Waals surface area contributed by atoms with Crippen LogP contribution in [0.25, 0.3) is 0 Å². The highest BCUT2D eigenvalue weighted by molar-refractivity contribution is 5.77. The van der Waals surface area contributed by atoms with Gasteiger partial charge in [-0.3, -0.25) is 9.59 Å². The minimum Gasteiger partial charge on any atom is -0.461 e. The molecule has 3 atom stereocenters. The average molecular weight is 798 g/mol. The van der Waals surface area contributed by atoms with E-state index in [9.17, 15) is 19.8 Å². The molecule has 0 fully saturated rings. The molecule has 0 aromatic heterocycles. The Bertz CT molecular complexity index is 1030. The molecule has 6 heteroatoms. The molecule has 0 radical (unpaired) electrons. The van der Waals surface area contributed by atoms with E-state index in [0.717, 1.165) is 44.9 Å². The second-order valence-electron chi connectivity index (χ2n) is 16.3. The van der Waals surface area contributed by atoms with Crippen molar-refractivity contribution in [3.8, 4) is 0 Å². The van der Waals surface area contributed by atoms with E-state index in [0.29, 0.717) is 19.3 Å². The van der Waals surface area contributed by atoms with E-state index in [-0.39, 0.29) is 24.9 Å². The van der Waals surface area contributed by atoms with Crippen LogP contribution in [-0.2, 0) is 14.3 Å². The summed E-state index contributed by atoms with van der Waals surface area (Å²) in [5.74, 6) is -0.605. The number of nitrogens with one attached hydrogen (secondary N) is 1. The van der Waals surface area contributed by atoms with Gasteiger partial charge < -0.3 is 20.3 Å². The first-order valence-electron chi connectivity index (χ1n) is 24.1. The zero-order valence-electron chi connectivity index (χ0n) is 37.5. The number of hydrogen-bond acceptors (Lipinski definition) is 5. The van der Waals surface area contributed by atoms with Gasteiger partial charge in [-0.15, -0.1) is 0 Å². The minimum absolute atomic E-state index is 0.0174. The normalized spacial score (nSPS) is 13.8. The molecule has 0 spiro atoms. The molecule has 0 aliphatic heterocycles. The van der Waals surface area contributed by atoms with E-state index in [1.165, 1.54) is 135 Å². The lowest BCUT2D eigenvalue weighted by atomic mass is 10.0. The molecule has 0 aliphatic rings. The molecular weight excluding hydrogens is 707 g/mol. The Labute approximate surface area is 352 Å². The van der Waals surface area contributed by atoms with Crippen molar-refractivity contribution in [1.29, 1.82) is 0 Å². The van der Waals surface area contributed by atoms with E-state index in [4.69, 9.17) is 4.74 Å². The smallest absolute Gasteiger partial charge is 0.306 e. The van der Waals surface area contributed by atoms with Crippen molar-refractivity contribution in [2.45, 2.75) is 244 Å². The SMILES string of the molecule is CC/C=C/C=C/C=C\C=C/C=C/CC(CC(=O)NC(CO)C(O)CCCCCCCCCCCCCCCC)OC(=O)CCCCCCCCCCCCCCC. The number of aliphatic hydroxyl groups excluding tert-OH is 2. The van der Waals surface area contributed by atoms with E-state index in [1.54, 1.807) is 0 Å². The van der Waals surface area contributed by atoms with Gasteiger partial charge in [-0.05, 0) is 19.3 Å². The van der Waals surface area contributed by atoms with Crippen molar-refractivity contribution in [2.24, 2.45) is 0 Å². The maximum atomic E-state index is 13.1. The van der Waals surface area contributed by atoms with Crippen LogP contribution < -0.4 is 5.32 Å². The molecule has 0 bridgehead atoms. The summed E-state index contributed by atoms with van der Waals surface area (Å²) in [5.41, 5.74) is 0. The quantitative estimate of drug-likeness (QED) is 0.0325. The van der Waals surface area contributed by atoms with E-state index in [2.05, 4.69) is 32.2 Å². The number of hydrogen-bond donors (Lipinski definition) is 3. The van der Waals surface area contributed by atoms with Gasteiger partial charge in [-0.2, -0.15) is 0 Å². The topological polar surface area (TPSA) is 95.9 Å². The number of allylic oxidation sites excluding steroid dienone is 9. The molecule has 0 aliphatic carbocycles. The Kier molecular flexibility index (Phi) is 42.7. The fourth-order valence-electron chi connectivity index (χ4n) is 7.10. The molecule has 57 heavy (non-hydrogen) atoms. The van der Waals surface area contributed by atoms with Crippen LogP contribution in [0.4, 0.5) is 0 Å². The molecule has 1 amide bonds. The van der Waals surface area contributed by atoms with Crippen LogP contribution in [0.1, 0.15) is 226 Å².